The molecule has 0 aliphatic carbocycles. The third-order valence-corrected chi connectivity index (χ3v) is 2.67. The third-order valence-electron chi connectivity index (χ3n) is 2.67. The first kappa shape index (κ1) is 15.2. The van der Waals surface area contributed by atoms with Crippen molar-refractivity contribution in [3.05, 3.63) is 0 Å². The Morgan fingerprint density at radius 2 is 2.17 bits per heavy atom. The summed E-state index contributed by atoms with van der Waals surface area (Å²) in [6, 6.07) is -0.157. The molecule has 0 spiro atoms. The Hall–Kier alpha value is -0.880. The van der Waals surface area contributed by atoms with Crippen LogP contribution in [0.2, 0.25) is 0 Å². The maximum absolute atomic E-state index is 12.1. The fraction of sp³-hybridized carbons (Fsp3) is 0.917. The molecule has 2 N–H and O–H groups in total. The van der Waals surface area contributed by atoms with Gasteiger partial charge in [-0.15, -0.1) is 0 Å². The number of carbonyl (C=O) groups is 1. The van der Waals surface area contributed by atoms with Gasteiger partial charge in [-0.2, -0.15) is 0 Å². The number of hydrogen-bond acceptors (Lipinski definition) is 4. The Labute approximate surface area is 107 Å². The summed E-state index contributed by atoms with van der Waals surface area (Å²) >= 11 is 0. The largest absolute Gasteiger partial charge is 0.444 e. The molecule has 1 rings (SSSR count). The van der Waals surface area contributed by atoms with Crippen molar-refractivity contribution in [2.24, 2.45) is 5.73 Å². The zero-order valence-corrected chi connectivity index (χ0v) is 11.3. The number of nitrogens with two attached hydrogens (primary N) is 1. The molecule has 1 amide bonds. The van der Waals surface area contributed by atoms with E-state index in [4.69, 9.17) is 15.2 Å². The monoisotopic (exact) mass is 262 g/mol. The van der Waals surface area contributed by atoms with E-state index in [0.29, 0.717) is 19.5 Å². The Morgan fingerprint density at radius 3 is 2.72 bits per heavy atom. The quantitative estimate of drug-likeness (QED) is 0.833. The summed E-state index contributed by atoms with van der Waals surface area (Å²) in [5.74, 6) is 0. The van der Waals surface area contributed by atoms with Gasteiger partial charge in [-0.3, -0.25) is 0 Å². The highest BCUT2D eigenvalue weighted by Crippen LogP contribution is 2.16. The van der Waals surface area contributed by atoms with Crippen LogP contribution in [-0.4, -0.2) is 55.1 Å². The average Bonchev–Trinajstić information content (AvgIpc) is 2.25. The van der Waals surface area contributed by atoms with Crippen molar-refractivity contribution in [2.45, 2.75) is 44.9 Å². The second-order valence-electron chi connectivity index (χ2n) is 5.48. The molecule has 18 heavy (non-hydrogen) atoms. The molecule has 0 aromatic heterocycles. The first-order valence-corrected chi connectivity index (χ1v) is 6.24. The lowest BCUT2D eigenvalue weighted by atomic mass is 10.0. The van der Waals surface area contributed by atoms with Crippen LogP contribution >= 0.6 is 0 Å². The number of alkyl halides is 1. The molecule has 1 fully saturated rings. The van der Waals surface area contributed by atoms with Crippen molar-refractivity contribution >= 4 is 6.09 Å². The molecule has 1 aliphatic rings. The summed E-state index contributed by atoms with van der Waals surface area (Å²) in [5, 5.41) is 0. The van der Waals surface area contributed by atoms with E-state index in [1.54, 1.807) is 4.90 Å². The van der Waals surface area contributed by atoms with E-state index in [1.165, 1.54) is 0 Å². The van der Waals surface area contributed by atoms with E-state index in [2.05, 4.69) is 0 Å². The summed E-state index contributed by atoms with van der Waals surface area (Å²) in [4.78, 5) is 13.4. The zero-order valence-electron chi connectivity index (χ0n) is 11.3. The number of amides is 1. The molecule has 0 saturated carbocycles. The number of halogens is 1. The van der Waals surface area contributed by atoms with Gasteiger partial charge in [-0.25, -0.2) is 9.18 Å². The van der Waals surface area contributed by atoms with E-state index in [1.807, 2.05) is 20.8 Å². The molecule has 1 heterocycles. The van der Waals surface area contributed by atoms with Gasteiger partial charge >= 0.3 is 6.09 Å². The molecule has 0 bridgehead atoms. The highest BCUT2D eigenvalue weighted by molar-refractivity contribution is 5.68. The smallest absolute Gasteiger partial charge is 0.410 e. The summed E-state index contributed by atoms with van der Waals surface area (Å²) < 4.78 is 22.7. The molecule has 0 aromatic rings. The van der Waals surface area contributed by atoms with Gasteiger partial charge in [0.05, 0.1) is 19.3 Å². The SMILES string of the molecule is CC(C)(C)OC(=O)N1CC[C@@H](N)[C@@H](OCCF)C1. The summed E-state index contributed by atoms with van der Waals surface area (Å²) in [6.45, 7) is 5.82. The number of hydrogen-bond donors (Lipinski definition) is 1. The second kappa shape index (κ2) is 6.33. The summed E-state index contributed by atoms with van der Waals surface area (Å²) in [7, 11) is 0. The molecule has 0 radical (unpaired) electrons. The molecular weight excluding hydrogens is 239 g/mol. The topological polar surface area (TPSA) is 64.8 Å². The minimum Gasteiger partial charge on any atom is -0.444 e. The van der Waals surface area contributed by atoms with Gasteiger partial charge in [0, 0.05) is 12.6 Å². The van der Waals surface area contributed by atoms with Gasteiger partial charge in [0.2, 0.25) is 0 Å². The minimum atomic E-state index is -0.546. The third kappa shape index (κ3) is 4.78. The molecule has 1 saturated heterocycles. The van der Waals surface area contributed by atoms with E-state index in [9.17, 15) is 9.18 Å². The average molecular weight is 262 g/mol. The van der Waals surface area contributed by atoms with Crippen molar-refractivity contribution in [3.8, 4) is 0 Å². The molecule has 106 valence electrons. The van der Waals surface area contributed by atoms with Gasteiger partial charge in [-0.05, 0) is 27.2 Å². The molecule has 1 aliphatic heterocycles. The molecule has 5 nitrogen and oxygen atoms in total. The number of ether oxygens (including phenoxy) is 2. The summed E-state index contributed by atoms with van der Waals surface area (Å²) in [5.41, 5.74) is 5.36. The van der Waals surface area contributed by atoms with E-state index in [0.717, 1.165) is 0 Å². The summed E-state index contributed by atoms with van der Waals surface area (Å²) in [6.07, 6.45) is -0.0545. The molecule has 0 aromatic carbocycles. The van der Waals surface area contributed by atoms with Crippen molar-refractivity contribution < 1.29 is 18.7 Å². The van der Waals surface area contributed by atoms with Gasteiger partial charge in [0.1, 0.15) is 12.3 Å². The molecule has 0 unspecified atom stereocenters. The maximum atomic E-state index is 12.1. The van der Waals surface area contributed by atoms with Crippen molar-refractivity contribution in [1.29, 1.82) is 0 Å². The normalized spacial score (nSPS) is 25.1. The maximum Gasteiger partial charge on any atom is 0.410 e. The Morgan fingerprint density at radius 1 is 1.50 bits per heavy atom. The standard InChI is InChI=1S/C12H23FN2O3/c1-12(2,3)18-11(16)15-6-4-9(14)10(8-15)17-7-5-13/h9-10H,4-8,14H2,1-3H3/t9-,10+/m1/s1. The first-order chi connectivity index (χ1) is 8.33. The van der Waals surface area contributed by atoms with E-state index in [-0.39, 0.29) is 24.8 Å². The lowest BCUT2D eigenvalue weighted by Crippen LogP contribution is -2.54. The van der Waals surface area contributed by atoms with Crippen molar-refractivity contribution in [2.75, 3.05) is 26.4 Å². The second-order valence-corrected chi connectivity index (χ2v) is 5.48. The van der Waals surface area contributed by atoms with Gasteiger partial charge in [0.15, 0.2) is 0 Å². The van der Waals surface area contributed by atoms with E-state index >= 15 is 0 Å². The van der Waals surface area contributed by atoms with Crippen LogP contribution in [0.4, 0.5) is 9.18 Å². The predicted molar refractivity (Wildman–Crippen MR) is 66.1 cm³/mol. The van der Waals surface area contributed by atoms with Crippen LogP contribution in [0.1, 0.15) is 27.2 Å². The Balaban J connectivity index is 2.50. The van der Waals surface area contributed by atoms with Crippen LogP contribution in [0.3, 0.4) is 0 Å². The Kier molecular flexibility index (Phi) is 5.34. The number of carbonyl (C=O) groups excluding carboxylic acids is 1. The van der Waals surface area contributed by atoms with Crippen LogP contribution in [0.25, 0.3) is 0 Å². The van der Waals surface area contributed by atoms with Crippen LogP contribution < -0.4 is 5.73 Å². The molecule has 6 heteroatoms. The fourth-order valence-corrected chi connectivity index (χ4v) is 1.80. The first-order valence-electron chi connectivity index (χ1n) is 6.24. The number of piperidine rings is 1. The zero-order chi connectivity index (χ0) is 13.8. The highest BCUT2D eigenvalue weighted by Gasteiger charge is 2.32. The van der Waals surface area contributed by atoms with Gasteiger partial charge in [-0.1, -0.05) is 0 Å². The number of rotatable bonds is 3. The van der Waals surface area contributed by atoms with Gasteiger partial charge in [0.25, 0.3) is 0 Å². The predicted octanol–water partition coefficient (Wildman–Crippen LogP) is 1.31. The Bertz CT molecular complexity index is 281. The van der Waals surface area contributed by atoms with Crippen LogP contribution in [-0.2, 0) is 9.47 Å². The van der Waals surface area contributed by atoms with E-state index < -0.39 is 12.3 Å². The molecular formula is C12H23FN2O3. The van der Waals surface area contributed by atoms with Crippen molar-refractivity contribution in [3.63, 3.8) is 0 Å². The lowest BCUT2D eigenvalue weighted by Gasteiger charge is -2.37. The molecule has 2 atom stereocenters. The lowest BCUT2D eigenvalue weighted by molar-refractivity contribution is -0.0308. The van der Waals surface area contributed by atoms with Gasteiger partial charge < -0.3 is 20.1 Å². The number of likely N-dealkylation sites (tertiary alicyclic amines) is 1. The minimum absolute atomic E-state index is 0.0144. The fourth-order valence-electron chi connectivity index (χ4n) is 1.80. The van der Waals surface area contributed by atoms with Crippen LogP contribution in [0.5, 0.6) is 0 Å². The van der Waals surface area contributed by atoms with Crippen molar-refractivity contribution in [1.82, 2.24) is 4.90 Å². The highest BCUT2D eigenvalue weighted by atomic mass is 19.1. The van der Waals surface area contributed by atoms with Crippen LogP contribution in [0, 0.1) is 0 Å². The van der Waals surface area contributed by atoms with Crippen LogP contribution in [0.15, 0.2) is 0 Å². The number of nitrogens with zero attached hydrogens (tertiary/aromatic N) is 1.